The molecule has 0 unspecified atom stereocenters. The van der Waals surface area contributed by atoms with Crippen LogP contribution in [0.15, 0.2) is 103 Å². The van der Waals surface area contributed by atoms with Crippen molar-refractivity contribution in [3.05, 3.63) is 131 Å². The van der Waals surface area contributed by atoms with Gasteiger partial charge < -0.3 is 14.5 Å². The van der Waals surface area contributed by atoms with Crippen molar-refractivity contribution in [3.8, 4) is 0 Å². The molecule has 0 aromatic heterocycles. The fourth-order valence-electron chi connectivity index (χ4n) is 6.12. The van der Waals surface area contributed by atoms with E-state index in [2.05, 4.69) is 88.7 Å². The van der Waals surface area contributed by atoms with Crippen molar-refractivity contribution in [3.63, 3.8) is 0 Å². The van der Waals surface area contributed by atoms with Gasteiger partial charge in [0, 0.05) is 49.0 Å². The number of fused-ring (bicyclic) bond motifs is 1. The van der Waals surface area contributed by atoms with Gasteiger partial charge in [-0.05, 0) is 73.0 Å². The molecule has 1 fully saturated rings. The first-order chi connectivity index (χ1) is 20.6. The lowest BCUT2D eigenvalue weighted by Crippen LogP contribution is -2.46. The molecule has 0 aliphatic carbocycles. The first-order valence-electron chi connectivity index (χ1n) is 14.9. The maximum atomic E-state index is 13.4. The number of hydrogen-bond acceptors (Lipinski definition) is 5. The molecule has 0 radical (unpaired) electrons. The zero-order valence-electron chi connectivity index (χ0n) is 24.1. The molecule has 4 aromatic rings. The van der Waals surface area contributed by atoms with Gasteiger partial charge in [0.2, 0.25) is 0 Å². The summed E-state index contributed by atoms with van der Waals surface area (Å²) in [5.41, 5.74) is 6.91. The van der Waals surface area contributed by atoms with E-state index >= 15 is 0 Å². The lowest BCUT2D eigenvalue weighted by Gasteiger charge is -2.37. The molecule has 6 nitrogen and oxygen atoms in total. The molecular formula is C36H37N3O3. The van der Waals surface area contributed by atoms with Crippen LogP contribution in [0.4, 0.5) is 11.4 Å². The monoisotopic (exact) mass is 559 g/mol. The van der Waals surface area contributed by atoms with Gasteiger partial charge in [0.05, 0.1) is 18.7 Å². The summed E-state index contributed by atoms with van der Waals surface area (Å²) in [5, 5.41) is 0. The lowest BCUT2D eigenvalue weighted by atomic mass is 9.88. The van der Waals surface area contributed by atoms with Crippen molar-refractivity contribution >= 4 is 23.3 Å². The molecular weight excluding hydrogens is 522 g/mol. The second kappa shape index (κ2) is 12.6. The number of carbonyl (C=O) groups is 2. The van der Waals surface area contributed by atoms with Crippen LogP contribution in [0.3, 0.4) is 0 Å². The van der Waals surface area contributed by atoms with Gasteiger partial charge in [-0.3, -0.25) is 9.69 Å². The van der Waals surface area contributed by atoms with Crippen molar-refractivity contribution in [2.75, 3.05) is 49.1 Å². The molecule has 2 aliphatic heterocycles. The quantitative estimate of drug-likeness (QED) is 0.223. The third kappa shape index (κ3) is 5.95. The van der Waals surface area contributed by atoms with Crippen molar-refractivity contribution < 1.29 is 14.3 Å². The Hall–Kier alpha value is -4.42. The molecule has 0 saturated carbocycles. The summed E-state index contributed by atoms with van der Waals surface area (Å²) in [6.07, 6.45) is 1.08. The van der Waals surface area contributed by atoms with Crippen LogP contribution in [0.2, 0.25) is 0 Å². The average Bonchev–Trinajstić information content (AvgIpc) is 3.38. The summed E-state index contributed by atoms with van der Waals surface area (Å²) in [7, 11) is 0. The largest absolute Gasteiger partial charge is 0.462 e. The highest BCUT2D eigenvalue weighted by molar-refractivity contribution is 6.10. The number of amides is 1. The van der Waals surface area contributed by atoms with Crippen molar-refractivity contribution in [1.29, 1.82) is 0 Å². The van der Waals surface area contributed by atoms with Crippen molar-refractivity contribution in [2.24, 2.45) is 0 Å². The Bertz CT molecular complexity index is 1470. The summed E-state index contributed by atoms with van der Waals surface area (Å²) in [4.78, 5) is 32.1. The second-order valence-corrected chi connectivity index (χ2v) is 11.0. The Kier molecular flexibility index (Phi) is 8.33. The number of rotatable bonds is 9. The number of carbonyl (C=O) groups excluding carboxylic acids is 2. The molecule has 0 bridgehead atoms. The summed E-state index contributed by atoms with van der Waals surface area (Å²) in [5.74, 6) is 0.0386. The first-order valence-corrected chi connectivity index (χ1v) is 14.9. The second-order valence-electron chi connectivity index (χ2n) is 11.0. The smallest absolute Gasteiger partial charge is 0.338 e. The van der Waals surface area contributed by atoms with Crippen LogP contribution in [0.5, 0.6) is 0 Å². The predicted molar refractivity (Wildman–Crippen MR) is 167 cm³/mol. The Labute approximate surface area is 248 Å². The van der Waals surface area contributed by atoms with E-state index in [9.17, 15) is 9.59 Å². The third-order valence-electron chi connectivity index (χ3n) is 8.46. The fraction of sp³-hybridized carbons (Fsp3) is 0.278. The first kappa shape index (κ1) is 27.7. The molecule has 6 heteroatoms. The van der Waals surface area contributed by atoms with E-state index in [0.29, 0.717) is 24.6 Å². The highest BCUT2D eigenvalue weighted by Crippen LogP contribution is 2.32. The fourth-order valence-corrected chi connectivity index (χ4v) is 6.12. The molecule has 214 valence electrons. The number of esters is 1. The van der Waals surface area contributed by atoms with Gasteiger partial charge >= 0.3 is 5.97 Å². The zero-order chi connectivity index (χ0) is 28.9. The molecule has 42 heavy (non-hydrogen) atoms. The van der Waals surface area contributed by atoms with Crippen molar-refractivity contribution in [1.82, 2.24) is 4.90 Å². The van der Waals surface area contributed by atoms with E-state index in [1.165, 1.54) is 11.1 Å². The highest BCUT2D eigenvalue weighted by atomic mass is 16.5. The van der Waals surface area contributed by atoms with Gasteiger partial charge in [-0.2, -0.15) is 0 Å². The maximum Gasteiger partial charge on any atom is 0.338 e. The van der Waals surface area contributed by atoms with Crippen LogP contribution in [-0.4, -0.2) is 56.1 Å². The van der Waals surface area contributed by atoms with Gasteiger partial charge in [-0.1, -0.05) is 66.7 Å². The van der Waals surface area contributed by atoms with Crippen LogP contribution < -0.4 is 9.80 Å². The minimum absolute atomic E-state index is 0.00207. The van der Waals surface area contributed by atoms with E-state index in [1.54, 1.807) is 24.0 Å². The van der Waals surface area contributed by atoms with Crippen LogP contribution in [0.1, 0.15) is 56.7 Å². The van der Waals surface area contributed by atoms with E-state index in [4.69, 9.17) is 4.74 Å². The van der Waals surface area contributed by atoms with Gasteiger partial charge in [0.25, 0.3) is 5.91 Å². The molecule has 2 aliphatic rings. The molecule has 4 aromatic carbocycles. The standard InChI is InChI=1S/C36H37N3O3/c1-2-42-36(41)29-13-16-31(17-14-29)39-26-30-15-18-32(25-34(30)35(39)40)38-23-21-37(22-24-38)20-19-33(27-9-5-3-6-10-27)28-11-7-4-8-12-28/h3-18,25,33H,2,19-24,26H2,1H3. The van der Waals surface area contributed by atoms with Gasteiger partial charge in [0.15, 0.2) is 0 Å². The molecule has 0 N–H and O–H groups in total. The van der Waals surface area contributed by atoms with E-state index in [1.807, 2.05) is 12.1 Å². The number of anilines is 2. The summed E-state index contributed by atoms with van der Waals surface area (Å²) < 4.78 is 5.08. The topological polar surface area (TPSA) is 53.1 Å². The van der Waals surface area contributed by atoms with Crippen LogP contribution >= 0.6 is 0 Å². The molecule has 6 rings (SSSR count). The lowest BCUT2D eigenvalue weighted by molar-refractivity contribution is 0.0526. The predicted octanol–water partition coefficient (Wildman–Crippen LogP) is 6.37. The Morgan fingerprint density at radius 2 is 1.40 bits per heavy atom. The third-order valence-corrected chi connectivity index (χ3v) is 8.46. The number of nitrogens with zero attached hydrogens (tertiary/aromatic N) is 3. The van der Waals surface area contributed by atoms with E-state index in [-0.39, 0.29) is 11.9 Å². The van der Waals surface area contributed by atoms with Gasteiger partial charge in [-0.15, -0.1) is 0 Å². The zero-order valence-corrected chi connectivity index (χ0v) is 24.1. The number of hydrogen-bond donors (Lipinski definition) is 0. The number of benzene rings is 4. The Balaban J connectivity index is 1.07. The summed E-state index contributed by atoms with van der Waals surface area (Å²) >= 11 is 0. The Morgan fingerprint density at radius 3 is 2.02 bits per heavy atom. The molecule has 1 amide bonds. The van der Waals surface area contributed by atoms with Crippen LogP contribution in [-0.2, 0) is 11.3 Å². The highest BCUT2D eigenvalue weighted by Gasteiger charge is 2.30. The van der Waals surface area contributed by atoms with Gasteiger partial charge in [-0.25, -0.2) is 4.79 Å². The van der Waals surface area contributed by atoms with Crippen LogP contribution in [0, 0.1) is 0 Å². The van der Waals surface area contributed by atoms with Crippen molar-refractivity contribution in [2.45, 2.75) is 25.8 Å². The minimum atomic E-state index is -0.350. The SMILES string of the molecule is CCOC(=O)c1ccc(N2Cc3ccc(N4CCN(CCC(c5ccccc5)c5ccccc5)CC4)cc3C2=O)cc1. The molecule has 0 atom stereocenters. The summed E-state index contributed by atoms with van der Waals surface area (Å²) in [6, 6.07) is 35.0. The van der Waals surface area contributed by atoms with E-state index < -0.39 is 0 Å². The molecule has 0 spiro atoms. The minimum Gasteiger partial charge on any atom is -0.462 e. The molecule has 2 heterocycles. The number of piperazine rings is 1. The summed E-state index contributed by atoms with van der Waals surface area (Å²) in [6.45, 7) is 7.58. The molecule has 1 saturated heterocycles. The van der Waals surface area contributed by atoms with Gasteiger partial charge in [0.1, 0.15) is 0 Å². The Morgan fingerprint density at radius 1 is 0.786 bits per heavy atom. The number of ether oxygens (including phenoxy) is 1. The maximum absolute atomic E-state index is 13.4. The normalized spacial score (nSPS) is 15.2. The van der Waals surface area contributed by atoms with E-state index in [0.717, 1.165) is 61.6 Å². The van der Waals surface area contributed by atoms with Crippen LogP contribution in [0.25, 0.3) is 0 Å². The average molecular weight is 560 g/mol.